The lowest BCUT2D eigenvalue weighted by Crippen LogP contribution is -2.13. The van der Waals surface area contributed by atoms with E-state index in [2.05, 4.69) is 0 Å². The number of esters is 2. The van der Waals surface area contributed by atoms with Crippen LogP contribution in [0.4, 0.5) is 0 Å². The lowest BCUT2D eigenvalue weighted by Gasteiger charge is -2.12. The van der Waals surface area contributed by atoms with Crippen molar-refractivity contribution in [3.63, 3.8) is 0 Å². The second-order valence-electron chi connectivity index (χ2n) is 7.20. The largest absolute Gasteiger partial charge is 0.466 e. The van der Waals surface area contributed by atoms with Crippen LogP contribution in [0.2, 0.25) is 5.02 Å². The van der Waals surface area contributed by atoms with Gasteiger partial charge < -0.3 is 13.9 Å². The van der Waals surface area contributed by atoms with Crippen molar-refractivity contribution >= 4 is 34.5 Å². The SMILES string of the molecule is CCCOC(=O)CCc1cc2c(C)cc(=O)oc2cc1OC(=O)Cc1ccc(Cl)cc1. The lowest BCUT2D eigenvalue weighted by atomic mass is 10.0. The molecule has 0 saturated heterocycles. The Balaban J connectivity index is 1.87. The molecule has 0 spiro atoms. The second kappa shape index (κ2) is 10.3. The third-order valence-corrected chi connectivity index (χ3v) is 4.94. The fourth-order valence-corrected chi connectivity index (χ4v) is 3.26. The van der Waals surface area contributed by atoms with E-state index in [0.717, 1.165) is 17.5 Å². The van der Waals surface area contributed by atoms with Gasteiger partial charge in [-0.25, -0.2) is 4.79 Å². The fourth-order valence-electron chi connectivity index (χ4n) is 3.13. The fraction of sp³-hybridized carbons (Fsp3) is 0.292. The molecule has 6 nitrogen and oxygen atoms in total. The summed E-state index contributed by atoms with van der Waals surface area (Å²) >= 11 is 5.88. The minimum absolute atomic E-state index is 0.0466. The maximum Gasteiger partial charge on any atom is 0.336 e. The van der Waals surface area contributed by atoms with Crippen molar-refractivity contribution in [3.05, 3.63) is 74.6 Å². The van der Waals surface area contributed by atoms with Gasteiger partial charge in [-0.1, -0.05) is 30.7 Å². The van der Waals surface area contributed by atoms with Crippen LogP contribution >= 0.6 is 11.6 Å². The Morgan fingerprint density at radius 3 is 2.52 bits per heavy atom. The number of hydrogen-bond acceptors (Lipinski definition) is 6. The van der Waals surface area contributed by atoms with Gasteiger partial charge >= 0.3 is 17.6 Å². The first-order valence-corrected chi connectivity index (χ1v) is 10.4. The van der Waals surface area contributed by atoms with Gasteiger partial charge in [0.2, 0.25) is 0 Å². The highest BCUT2D eigenvalue weighted by Gasteiger charge is 2.16. The topological polar surface area (TPSA) is 82.8 Å². The van der Waals surface area contributed by atoms with Gasteiger partial charge in [-0.15, -0.1) is 0 Å². The average molecular weight is 443 g/mol. The first-order chi connectivity index (χ1) is 14.9. The van der Waals surface area contributed by atoms with Crippen LogP contribution in [0.15, 0.2) is 51.7 Å². The van der Waals surface area contributed by atoms with Gasteiger partial charge in [-0.05, 0) is 54.7 Å². The van der Waals surface area contributed by atoms with Crippen molar-refractivity contribution in [3.8, 4) is 5.75 Å². The van der Waals surface area contributed by atoms with Gasteiger partial charge in [0.25, 0.3) is 0 Å². The molecule has 0 unspecified atom stereocenters. The average Bonchev–Trinajstić information content (AvgIpc) is 2.72. The minimum atomic E-state index is -0.487. The van der Waals surface area contributed by atoms with E-state index in [1.165, 1.54) is 12.1 Å². The monoisotopic (exact) mass is 442 g/mol. The number of ether oxygens (including phenoxy) is 2. The maximum atomic E-state index is 12.5. The summed E-state index contributed by atoms with van der Waals surface area (Å²) < 4.78 is 16.0. The van der Waals surface area contributed by atoms with Crippen LogP contribution in [-0.2, 0) is 27.2 Å². The van der Waals surface area contributed by atoms with Crippen LogP contribution < -0.4 is 10.4 Å². The van der Waals surface area contributed by atoms with Crippen LogP contribution in [0.3, 0.4) is 0 Å². The smallest absolute Gasteiger partial charge is 0.336 e. The highest BCUT2D eigenvalue weighted by atomic mass is 35.5. The van der Waals surface area contributed by atoms with E-state index in [1.54, 1.807) is 37.3 Å². The number of benzene rings is 2. The molecule has 0 saturated carbocycles. The number of halogens is 1. The van der Waals surface area contributed by atoms with E-state index in [-0.39, 0.29) is 24.6 Å². The summed E-state index contributed by atoms with van der Waals surface area (Å²) in [6.07, 6.45) is 1.25. The molecule has 7 heteroatoms. The Morgan fingerprint density at radius 2 is 1.81 bits per heavy atom. The lowest BCUT2D eigenvalue weighted by molar-refractivity contribution is -0.143. The maximum absolute atomic E-state index is 12.5. The Bertz CT molecular complexity index is 1150. The molecule has 2 aromatic carbocycles. The molecule has 0 fully saturated rings. The normalized spacial score (nSPS) is 10.8. The predicted molar refractivity (Wildman–Crippen MR) is 118 cm³/mol. The van der Waals surface area contributed by atoms with Crippen LogP contribution in [0.1, 0.15) is 36.5 Å². The standard InChI is InChI=1S/C24H23ClO6/c1-3-10-29-22(26)9-6-17-13-19-15(2)11-23(27)31-21(19)14-20(17)30-24(28)12-16-4-7-18(25)8-5-16/h4-5,7-8,11,13-14H,3,6,9-10,12H2,1-2H3. The van der Waals surface area contributed by atoms with Crippen LogP contribution in [0, 0.1) is 6.92 Å². The van der Waals surface area contributed by atoms with Crippen LogP contribution in [0.5, 0.6) is 5.75 Å². The second-order valence-corrected chi connectivity index (χ2v) is 7.64. The number of aryl methyl sites for hydroxylation is 2. The molecule has 0 amide bonds. The van der Waals surface area contributed by atoms with Crippen molar-refractivity contribution < 1.29 is 23.5 Å². The molecule has 0 aliphatic rings. The highest BCUT2D eigenvalue weighted by molar-refractivity contribution is 6.30. The van der Waals surface area contributed by atoms with Gasteiger partial charge in [0.15, 0.2) is 0 Å². The molecule has 3 aromatic rings. The van der Waals surface area contributed by atoms with Crippen LogP contribution in [0.25, 0.3) is 11.0 Å². The Hall–Kier alpha value is -3.12. The van der Waals surface area contributed by atoms with Gasteiger partial charge in [-0.3, -0.25) is 9.59 Å². The van der Waals surface area contributed by atoms with E-state index in [1.807, 2.05) is 6.92 Å². The molecule has 3 rings (SSSR count). The zero-order chi connectivity index (χ0) is 22.4. The molecule has 0 N–H and O–H groups in total. The molecule has 1 heterocycles. The van der Waals surface area contributed by atoms with Gasteiger partial charge in [0.1, 0.15) is 11.3 Å². The molecule has 31 heavy (non-hydrogen) atoms. The number of carbonyl (C=O) groups is 2. The molecule has 0 atom stereocenters. The summed E-state index contributed by atoms with van der Waals surface area (Å²) in [6.45, 7) is 4.08. The molecule has 0 aliphatic heterocycles. The Labute approximate surface area is 184 Å². The molecule has 1 aromatic heterocycles. The number of carbonyl (C=O) groups excluding carboxylic acids is 2. The number of hydrogen-bond donors (Lipinski definition) is 0. The molecular weight excluding hydrogens is 420 g/mol. The quantitative estimate of drug-likeness (QED) is 0.283. The van der Waals surface area contributed by atoms with E-state index in [4.69, 9.17) is 25.5 Å². The van der Waals surface area contributed by atoms with Crippen molar-refractivity contribution in [1.29, 1.82) is 0 Å². The highest BCUT2D eigenvalue weighted by Crippen LogP contribution is 2.29. The first kappa shape index (κ1) is 22.6. The van der Waals surface area contributed by atoms with Crippen molar-refractivity contribution in [2.24, 2.45) is 0 Å². The van der Waals surface area contributed by atoms with Gasteiger partial charge in [0.05, 0.1) is 13.0 Å². The van der Waals surface area contributed by atoms with Crippen LogP contribution in [-0.4, -0.2) is 18.5 Å². The predicted octanol–water partition coefficient (Wildman–Crippen LogP) is 4.79. The van der Waals surface area contributed by atoms with Crippen molar-refractivity contribution in [1.82, 2.24) is 0 Å². The first-order valence-electron chi connectivity index (χ1n) is 10.0. The minimum Gasteiger partial charge on any atom is -0.466 e. The number of fused-ring (bicyclic) bond motifs is 1. The van der Waals surface area contributed by atoms with E-state index in [0.29, 0.717) is 34.6 Å². The summed E-state index contributed by atoms with van der Waals surface area (Å²) in [5, 5.41) is 1.29. The van der Waals surface area contributed by atoms with E-state index in [9.17, 15) is 14.4 Å². The third-order valence-electron chi connectivity index (χ3n) is 4.68. The molecule has 0 bridgehead atoms. The summed E-state index contributed by atoms with van der Waals surface area (Å²) in [4.78, 5) is 36.2. The van der Waals surface area contributed by atoms with Gasteiger partial charge in [0, 0.05) is 29.0 Å². The zero-order valence-corrected chi connectivity index (χ0v) is 18.2. The van der Waals surface area contributed by atoms with Crippen molar-refractivity contribution in [2.45, 2.75) is 39.5 Å². The summed E-state index contributed by atoms with van der Waals surface area (Å²) in [7, 11) is 0. The number of rotatable bonds is 8. The van der Waals surface area contributed by atoms with E-state index < -0.39 is 11.6 Å². The zero-order valence-electron chi connectivity index (χ0n) is 17.4. The van der Waals surface area contributed by atoms with E-state index >= 15 is 0 Å². The molecule has 0 radical (unpaired) electrons. The molecular formula is C24H23ClO6. The molecule has 162 valence electrons. The summed E-state index contributed by atoms with van der Waals surface area (Å²) in [6, 6.07) is 11.6. The summed E-state index contributed by atoms with van der Waals surface area (Å²) in [5.74, 6) is -0.549. The summed E-state index contributed by atoms with van der Waals surface area (Å²) in [5.41, 5.74) is 1.97. The third kappa shape index (κ3) is 6.18. The van der Waals surface area contributed by atoms with Crippen molar-refractivity contribution in [2.75, 3.05) is 6.61 Å². The molecule has 0 aliphatic carbocycles. The Kier molecular flexibility index (Phi) is 7.47. The van der Waals surface area contributed by atoms with Gasteiger partial charge in [-0.2, -0.15) is 0 Å². The Morgan fingerprint density at radius 1 is 1.06 bits per heavy atom.